The topological polar surface area (TPSA) is 23.5 Å². The summed E-state index contributed by atoms with van der Waals surface area (Å²) < 4.78 is 0. The van der Waals surface area contributed by atoms with Crippen molar-refractivity contribution in [3.8, 4) is 0 Å². The fourth-order valence-corrected chi connectivity index (χ4v) is 3.47. The number of likely N-dealkylation sites (tertiary alicyclic amines) is 1. The first kappa shape index (κ1) is 12.4. The number of hydrogen-bond acceptors (Lipinski definition) is 2. The molecular weight excluding hydrogens is 198 g/mol. The van der Waals surface area contributed by atoms with Crippen LogP contribution in [-0.4, -0.2) is 35.2 Å². The molecule has 1 aliphatic heterocycles. The highest BCUT2D eigenvalue weighted by atomic mass is 16.3. The molecule has 2 nitrogen and oxygen atoms in total. The minimum Gasteiger partial charge on any atom is -0.390 e. The molecule has 0 aromatic heterocycles. The maximum Gasteiger partial charge on any atom is 0.0674 e. The van der Waals surface area contributed by atoms with Crippen molar-refractivity contribution in [1.29, 1.82) is 0 Å². The van der Waals surface area contributed by atoms with Crippen LogP contribution < -0.4 is 0 Å². The number of rotatable bonds is 4. The normalized spacial score (nSPS) is 27.4. The van der Waals surface area contributed by atoms with Crippen molar-refractivity contribution >= 4 is 0 Å². The van der Waals surface area contributed by atoms with Crippen molar-refractivity contribution in [1.82, 2.24) is 4.90 Å². The van der Waals surface area contributed by atoms with Crippen LogP contribution in [0.1, 0.15) is 58.3 Å². The van der Waals surface area contributed by atoms with Gasteiger partial charge in [0.25, 0.3) is 0 Å². The van der Waals surface area contributed by atoms with Crippen molar-refractivity contribution in [2.24, 2.45) is 5.92 Å². The van der Waals surface area contributed by atoms with Crippen molar-refractivity contribution in [2.45, 2.75) is 63.9 Å². The lowest BCUT2D eigenvalue weighted by Gasteiger charge is -2.39. The average Bonchev–Trinajstić information content (AvgIpc) is 2.74. The quantitative estimate of drug-likeness (QED) is 0.795. The van der Waals surface area contributed by atoms with E-state index in [0.29, 0.717) is 0 Å². The summed E-state index contributed by atoms with van der Waals surface area (Å²) in [4.78, 5) is 2.50. The maximum absolute atomic E-state index is 10.6. The molecule has 1 saturated carbocycles. The minimum absolute atomic E-state index is 0.320. The lowest BCUT2D eigenvalue weighted by molar-refractivity contribution is -0.0384. The van der Waals surface area contributed by atoms with Crippen molar-refractivity contribution in [3.05, 3.63) is 0 Å². The molecule has 1 N–H and O–H groups in total. The number of hydrogen-bond donors (Lipinski definition) is 1. The summed E-state index contributed by atoms with van der Waals surface area (Å²) in [5.74, 6) is 0.822. The van der Waals surface area contributed by atoms with Crippen LogP contribution in [0.2, 0.25) is 0 Å². The molecule has 0 aromatic carbocycles. The van der Waals surface area contributed by atoms with Crippen LogP contribution in [0.25, 0.3) is 0 Å². The third-order valence-electron chi connectivity index (χ3n) is 4.47. The Morgan fingerprint density at radius 3 is 2.38 bits per heavy atom. The Kier molecular flexibility index (Phi) is 4.26. The van der Waals surface area contributed by atoms with E-state index in [1.807, 2.05) is 0 Å². The van der Waals surface area contributed by atoms with Gasteiger partial charge in [0.1, 0.15) is 0 Å². The summed E-state index contributed by atoms with van der Waals surface area (Å²) in [6.45, 7) is 5.66. The molecule has 94 valence electrons. The molecule has 2 aliphatic rings. The van der Waals surface area contributed by atoms with Crippen LogP contribution in [0.4, 0.5) is 0 Å². The van der Waals surface area contributed by atoms with E-state index in [4.69, 9.17) is 0 Å². The van der Waals surface area contributed by atoms with Gasteiger partial charge in [-0.05, 0) is 38.1 Å². The lowest BCUT2D eigenvalue weighted by Crippen LogP contribution is -2.45. The summed E-state index contributed by atoms with van der Waals surface area (Å²) in [6, 6.07) is 0. The molecule has 0 bridgehead atoms. The van der Waals surface area contributed by atoms with E-state index in [0.717, 1.165) is 38.3 Å². The highest BCUT2D eigenvalue weighted by Gasteiger charge is 2.34. The molecule has 16 heavy (non-hydrogen) atoms. The van der Waals surface area contributed by atoms with E-state index in [9.17, 15) is 5.11 Å². The smallest absolute Gasteiger partial charge is 0.0674 e. The Bertz CT molecular complexity index is 203. The molecule has 0 atom stereocenters. The standard InChI is InChI=1S/C14H27NO/c1-2-9-15-10-7-14(16,8-11-15)12-13-5-3-4-6-13/h13,16H,2-12H2,1H3. The van der Waals surface area contributed by atoms with E-state index >= 15 is 0 Å². The molecule has 0 aromatic rings. The zero-order valence-electron chi connectivity index (χ0n) is 10.7. The summed E-state index contributed by atoms with van der Waals surface area (Å²) in [5, 5.41) is 10.6. The van der Waals surface area contributed by atoms with Crippen molar-refractivity contribution in [2.75, 3.05) is 19.6 Å². The van der Waals surface area contributed by atoms with Crippen LogP contribution in [0, 0.1) is 5.92 Å². The Hall–Kier alpha value is -0.0800. The van der Waals surface area contributed by atoms with Gasteiger partial charge in [0, 0.05) is 13.1 Å². The van der Waals surface area contributed by atoms with Gasteiger partial charge < -0.3 is 10.0 Å². The average molecular weight is 225 g/mol. The van der Waals surface area contributed by atoms with Gasteiger partial charge in [0.2, 0.25) is 0 Å². The third kappa shape index (κ3) is 3.21. The number of piperidine rings is 1. The van der Waals surface area contributed by atoms with E-state index in [2.05, 4.69) is 11.8 Å². The fraction of sp³-hybridized carbons (Fsp3) is 1.00. The van der Waals surface area contributed by atoms with E-state index in [1.54, 1.807) is 0 Å². The summed E-state index contributed by atoms with van der Waals surface area (Å²) in [6.07, 6.45) is 9.83. The predicted molar refractivity (Wildman–Crippen MR) is 67.5 cm³/mol. The van der Waals surface area contributed by atoms with Crippen LogP contribution in [0.5, 0.6) is 0 Å². The van der Waals surface area contributed by atoms with Gasteiger partial charge in [0.05, 0.1) is 5.60 Å². The second-order valence-electron chi connectivity index (χ2n) is 5.92. The van der Waals surface area contributed by atoms with Crippen LogP contribution in [-0.2, 0) is 0 Å². The van der Waals surface area contributed by atoms with Gasteiger partial charge in [-0.25, -0.2) is 0 Å². The summed E-state index contributed by atoms with van der Waals surface area (Å²) >= 11 is 0. The molecule has 2 rings (SSSR count). The Labute approximate surface area is 100 Å². The molecule has 1 heterocycles. The predicted octanol–water partition coefficient (Wildman–Crippen LogP) is 2.80. The molecule has 0 spiro atoms. The molecule has 2 fully saturated rings. The molecule has 2 heteroatoms. The van der Waals surface area contributed by atoms with Gasteiger partial charge in [-0.1, -0.05) is 32.6 Å². The number of nitrogens with zero attached hydrogens (tertiary/aromatic N) is 1. The maximum atomic E-state index is 10.6. The van der Waals surface area contributed by atoms with Crippen molar-refractivity contribution < 1.29 is 5.11 Å². The first-order chi connectivity index (χ1) is 7.72. The highest BCUT2D eigenvalue weighted by Crippen LogP contribution is 2.36. The Balaban J connectivity index is 1.76. The minimum atomic E-state index is -0.320. The highest BCUT2D eigenvalue weighted by molar-refractivity contribution is 4.88. The van der Waals surface area contributed by atoms with Gasteiger partial charge in [-0.15, -0.1) is 0 Å². The summed E-state index contributed by atoms with van der Waals surface area (Å²) in [7, 11) is 0. The van der Waals surface area contributed by atoms with Gasteiger partial charge in [-0.3, -0.25) is 0 Å². The molecule has 1 saturated heterocycles. The van der Waals surface area contributed by atoms with Crippen molar-refractivity contribution in [3.63, 3.8) is 0 Å². The second kappa shape index (κ2) is 5.50. The monoisotopic (exact) mass is 225 g/mol. The molecule has 0 amide bonds. The number of aliphatic hydroxyl groups is 1. The first-order valence-corrected chi connectivity index (χ1v) is 7.16. The lowest BCUT2D eigenvalue weighted by atomic mass is 9.82. The fourth-order valence-electron chi connectivity index (χ4n) is 3.47. The Morgan fingerprint density at radius 2 is 1.81 bits per heavy atom. The van der Waals surface area contributed by atoms with Crippen LogP contribution >= 0.6 is 0 Å². The third-order valence-corrected chi connectivity index (χ3v) is 4.47. The van der Waals surface area contributed by atoms with Gasteiger partial charge in [-0.2, -0.15) is 0 Å². The zero-order valence-corrected chi connectivity index (χ0v) is 10.7. The van der Waals surface area contributed by atoms with Gasteiger partial charge in [0.15, 0.2) is 0 Å². The van der Waals surface area contributed by atoms with Crippen LogP contribution in [0.15, 0.2) is 0 Å². The molecule has 0 radical (unpaired) electrons. The van der Waals surface area contributed by atoms with E-state index < -0.39 is 0 Å². The largest absolute Gasteiger partial charge is 0.390 e. The molecule has 0 unspecified atom stereocenters. The SMILES string of the molecule is CCCN1CCC(O)(CC2CCCC2)CC1. The van der Waals surface area contributed by atoms with E-state index in [-0.39, 0.29) is 5.60 Å². The molecule has 1 aliphatic carbocycles. The van der Waals surface area contributed by atoms with E-state index in [1.165, 1.54) is 38.6 Å². The van der Waals surface area contributed by atoms with Crippen LogP contribution in [0.3, 0.4) is 0 Å². The Morgan fingerprint density at radius 1 is 1.19 bits per heavy atom. The zero-order chi connectivity index (χ0) is 11.4. The second-order valence-corrected chi connectivity index (χ2v) is 5.92. The molecular formula is C14H27NO. The van der Waals surface area contributed by atoms with Gasteiger partial charge >= 0.3 is 0 Å². The summed E-state index contributed by atoms with van der Waals surface area (Å²) in [5.41, 5.74) is -0.320. The first-order valence-electron chi connectivity index (χ1n) is 7.16.